The summed E-state index contributed by atoms with van der Waals surface area (Å²) in [5, 5.41) is 25.7. The lowest BCUT2D eigenvalue weighted by Gasteiger charge is -2.23. The summed E-state index contributed by atoms with van der Waals surface area (Å²) in [4.78, 5) is 53.1. The van der Waals surface area contributed by atoms with Crippen molar-refractivity contribution in [1.29, 1.82) is 10.8 Å². The van der Waals surface area contributed by atoms with Crippen LogP contribution in [0.15, 0.2) is 57.7 Å². The van der Waals surface area contributed by atoms with Gasteiger partial charge in [-0.05, 0) is 55.9 Å². The molecule has 0 fully saturated rings. The third-order valence-electron chi connectivity index (χ3n) is 6.86. The van der Waals surface area contributed by atoms with Crippen LogP contribution >= 0.6 is 0 Å². The first-order valence-electron chi connectivity index (χ1n) is 14.3. The van der Waals surface area contributed by atoms with Crippen LogP contribution in [0.5, 0.6) is 0 Å². The summed E-state index contributed by atoms with van der Waals surface area (Å²) in [6.45, 7) is 2.05. The second-order valence-corrected chi connectivity index (χ2v) is 10.3. The Balaban J connectivity index is 1.84. The Morgan fingerprint density at radius 1 is 0.911 bits per heavy atom. The number of anilines is 1. The Morgan fingerprint density at radius 3 is 2.16 bits per heavy atom. The Hall–Kier alpha value is -5.60. The Bertz CT molecular complexity index is 1590. The smallest absolute Gasteiger partial charge is 0.408 e. The first-order valence-corrected chi connectivity index (χ1v) is 14.3. The molecule has 2 unspecified atom stereocenters. The number of hydrogen-bond donors (Lipinski definition) is 9. The van der Waals surface area contributed by atoms with E-state index < -0.39 is 35.5 Å². The molecule has 0 saturated heterocycles. The normalized spacial score (nSPS) is 12.0. The largest absolute Gasteiger partial charge is 0.445 e. The molecule has 240 valence electrons. The van der Waals surface area contributed by atoms with Gasteiger partial charge >= 0.3 is 11.7 Å². The van der Waals surface area contributed by atoms with Crippen LogP contribution in [-0.4, -0.2) is 54.9 Å². The van der Waals surface area contributed by atoms with Crippen LogP contribution in [-0.2, 0) is 16.1 Å². The third-order valence-corrected chi connectivity index (χ3v) is 6.86. The second-order valence-electron chi connectivity index (χ2n) is 10.3. The second kappa shape index (κ2) is 16.3. The SMILES string of the molecule is Cc1c(C(=O)C(CCCNC(=N)N)NC(=O)C(CCCNC(=N)N)NC(=O)OCc2ccccc2)c(=O)oc2cc(N)ccc12. The lowest BCUT2D eigenvalue weighted by Crippen LogP contribution is -2.52. The number of amides is 2. The van der Waals surface area contributed by atoms with Crippen molar-refractivity contribution < 1.29 is 23.5 Å². The van der Waals surface area contributed by atoms with Crippen molar-refractivity contribution in [3.63, 3.8) is 0 Å². The van der Waals surface area contributed by atoms with E-state index in [1.807, 2.05) is 6.07 Å². The number of nitrogen functional groups attached to an aromatic ring is 1. The first kappa shape index (κ1) is 33.9. The number of fused-ring (bicyclic) bond motifs is 1. The minimum Gasteiger partial charge on any atom is -0.445 e. The van der Waals surface area contributed by atoms with Gasteiger partial charge in [0.15, 0.2) is 17.7 Å². The third kappa shape index (κ3) is 10.3. The van der Waals surface area contributed by atoms with Crippen molar-refractivity contribution in [3.8, 4) is 0 Å². The summed E-state index contributed by atoms with van der Waals surface area (Å²) in [5.41, 5.74) is 17.1. The Morgan fingerprint density at radius 2 is 1.53 bits per heavy atom. The van der Waals surface area contributed by atoms with Gasteiger partial charge < -0.3 is 47.6 Å². The molecule has 2 aromatic carbocycles. The number of guanidine groups is 2. The van der Waals surface area contributed by atoms with Crippen LogP contribution in [0.4, 0.5) is 10.5 Å². The number of Topliss-reactive ketones (excluding diaryl/α,β-unsaturated/α-hetero) is 1. The zero-order valence-electron chi connectivity index (χ0n) is 24.9. The molecule has 2 atom stereocenters. The highest BCUT2D eigenvalue weighted by Gasteiger charge is 2.30. The van der Waals surface area contributed by atoms with Crippen LogP contribution in [0.3, 0.4) is 0 Å². The number of rotatable bonds is 15. The number of nitrogens with one attached hydrogen (secondary N) is 6. The summed E-state index contributed by atoms with van der Waals surface area (Å²) < 4.78 is 10.7. The van der Waals surface area contributed by atoms with Gasteiger partial charge in [0.1, 0.15) is 23.8 Å². The molecule has 1 aromatic heterocycles. The van der Waals surface area contributed by atoms with Crippen molar-refractivity contribution in [2.24, 2.45) is 11.5 Å². The molecule has 15 nitrogen and oxygen atoms in total. The molecule has 12 N–H and O–H groups in total. The number of ketones is 1. The molecule has 3 rings (SSSR count). The maximum absolute atomic E-state index is 13.9. The zero-order chi connectivity index (χ0) is 32.9. The van der Waals surface area contributed by atoms with E-state index in [2.05, 4.69) is 21.3 Å². The number of carbonyl (C=O) groups excluding carboxylic acids is 3. The molecule has 0 bridgehead atoms. The number of benzene rings is 2. The molecule has 2 amide bonds. The van der Waals surface area contributed by atoms with Crippen LogP contribution in [0, 0.1) is 17.7 Å². The van der Waals surface area contributed by atoms with Crippen molar-refractivity contribution in [3.05, 3.63) is 75.6 Å². The molecule has 0 saturated carbocycles. The molecule has 15 heteroatoms. The minimum atomic E-state index is -1.20. The molecule has 0 radical (unpaired) electrons. The predicted octanol–water partition coefficient (Wildman–Crippen LogP) is 1.17. The fourth-order valence-electron chi connectivity index (χ4n) is 4.61. The number of carbonyl (C=O) groups is 3. The molecule has 1 heterocycles. The number of alkyl carbamates (subject to hydrolysis) is 1. The van der Waals surface area contributed by atoms with Gasteiger partial charge in [0.2, 0.25) is 5.91 Å². The van der Waals surface area contributed by atoms with E-state index in [4.69, 9.17) is 37.2 Å². The molecule has 0 aliphatic rings. The first-order chi connectivity index (χ1) is 21.5. The van der Waals surface area contributed by atoms with Crippen LogP contribution in [0.1, 0.15) is 47.2 Å². The summed E-state index contributed by atoms with van der Waals surface area (Å²) in [7, 11) is 0. The van der Waals surface area contributed by atoms with E-state index >= 15 is 0 Å². The van der Waals surface area contributed by atoms with Crippen LogP contribution in [0.25, 0.3) is 11.0 Å². The average Bonchev–Trinajstić information content (AvgIpc) is 2.99. The van der Waals surface area contributed by atoms with Gasteiger partial charge in [-0.15, -0.1) is 0 Å². The predicted molar refractivity (Wildman–Crippen MR) is 170 cm³/mol. The summed E-state index contributed by atoms with van der Waals surface area (Å²) in [6, 6.07) is 11.4. The topological polar surface area (TPSA) is 265 Å². The van der Waals surface area contributed by atoms with Crippen LogP contribution in [0.2, 0.25) is 0 Å². The van der Waals surface area contributed by atoms with Crippen molar-refractivity contribution >= 4 is 46.4 Å². The van der Waals surface area contributed by atoms with Gasteiger partial charge in [-0.3, -0.25) is 20.4 Å². The van der Waals surface area contributed by atoms with Crippen molar-refractivity contribution in [2.45, 2.75) is 51.3 Å². The lowest BCUT2D eigenvalue weighted by atomic mass is 9.95. The van der Waals surface area contributed by atoms with Gasteiger partial charge in [0.05, 0.1) is 6.04 Å². The van der Waals surface area contributed by atoms with E-state index in [1.165, 1.54) is 6.07 Å². The van der Waals surface area contributed by atoms with Gasteiger partial charge in [-0.25, -0.2) is 9.59 Å². The average molecular weight is 622 g/mol. The van der Waals surface area contributed by atoms with E-state index in [1.54, 1.807) is 43.3 Å². The highest BCUT2D eigenvalue weighted by Crippen LogP contribution is 2.23. The highest BCUT2D eigenvalue weighted by molar-refractivity contribution is 6.05. The number of ether oxygens (including phenoxy) is 1. The Kier molecular flexibility index (Phi) is 12.3. The molecular weight excluding hydrogens is 582 g/mol. The quantitative estimate of drug-likeness (QED) is 0.0290. The standard InChI is InChI=1S/C30H39N9O6/c1-17-20-12-11-19(31)15-23(20)45-27(42)24(17)25(40)21(9-5-13-36-28(32)33)38-26(41)22(10-6-14-37-29(34)35)39-30(43)44-16-18-7-3-2-4-8-18/h2-4,7-8,11-12,15,21-22H,5-6,9-10,13-14,16,31H2,1H3,(H,38,41)(H,39,43)(H4,32,33,36)(H4,34,35,37). The van der Waals surface area contributed by atoms with E-state index in [0.717, 1.165) is 5.56 Å². The molecule has 3 aromatic rings. The van der Waals surface area contributed by atoms with E-state index in [-0.39, 0.29) is 55.6 Å². The molecule has 0 aliphatic heterocycles. The minimum absolute atomic E-state index is 0.0279. The van der Waals surface area contributed by atoms with Gasteiger partial charge in [0, 0.05) is 30.2 Å². The number of hydrogen-bond acceptors (Lipinski definition) is 9. The van der Waals surface area contributed by atoms with Gasteiger partial charge in [-0.2, -0.15) is 0 Å². The Labute approximate surface area is 259 Å². The number of aryl methyl sites for hydroxylation is 1. The van der Waals surface area contributed by atoms with E-state index in [0.29, 0.717) is 29.5 Å². The fraction of sp³-hybridized carbons (Fsp3) is 0.333. The molecule has 0 aliphatic carbocycles. The maximum atomic E-state index is 13.9. The van der Waals surface area contributed by atoms with E-state index in [9.17, 15) is 19.2 Å². The zero-order valence-corrected chi connectivity index (χ0v) is 24.9. The van der Waals surface area contributed by atoms with Crippen molar-refractivity contribution in [2.75, 3.05) is 18.8 Å². The molecular formula is C30H39N9O6. The lowest BCUT2D eigenvalue weighted by molar-refractivity contribution is -0.123. The van der Waals surface area contributed by atoms with Gasteiger partial charge in [0.25, 0.3) is 0 Å². The maximum Gasteiger partial charge on any atom is 0.408 e. The monoisotopic (exact) mass is 621 g/mol. The summed E-state index contributed by atoms with van der Waals surface area (Å²) in [6.07, 6.45) is -0.0468. The summed E-state index contributed by atoms with van der Waals surface area (Å²) in [5.74, 6) is -1.88. The number of nitrogens with two attached hydrogens (primary N) is 3. The molecule has 45 heavy (non-hydrogen) atoms. The summed E-state index contributed by atoms with van der Waals surface area (Å²) >= 11 is 0. The van der Waals surface area contributed by atoms with Crippen LogP contribution < -0.4 is 44.1 Å². The van der Waals surface area contributed by atoms with Gasteiger partial charge in [-0.1, -0.05) is 30.3 Å². The molecule has 0 spiro atoms. The van der Waals surface area contributed by atoms with Crippen molar-refractivity contribution in [1.82, 2.24) is 21.3 Å². The fourth-order valence-corrected chi connectivity index (χ4v) is 4.61. The highest BCUT2D eigenvalue weighted by atomic mass is 16.5.